The maximum absolute atomic E-state index is 4.18. The highest BCUT2D eigenvalue weighted by Crippen LogP contribution is 2.09. The number of hydrogen-bond donors (Lipinski definition) is 1. The second-order valence-electron chi connectivity index (χ2n) is 2.48. The van der Waals surface area contributed by atoms with E-state index in [0.717, 1.165) is 12.8 Å². The summed E-state index contributed by atoms with van der Waals surface area (Å²) in [6, 6.07) is 0. The zero-order valence-corrected chi connectivity index (χ0v) is 6.86. The fourth-order valence-corrected chi connectivity index (χ4v) is 1.17. The second-order valence-corrected chi connectivity index (χ2v) is 2.48. The molecule has 0 aliphatic heterocycles. The van der Waals surface area contributed by atoms with Crippen LogP contribution in [0.4, 0.5) is 0 Å². The van der Waals surface area contributed by atoms with Crippen LogP contribution in [0, 0.1) is 6.92 Å². The summed E-state index contributed by atoms with van der Waals surface area (Å²) in [5, 5.41) is 7.20. The number of H-pyrrole nitrogens is 1. The molecule has 0 aromatic carbocycles. The molecule has 0 fully saturated rings. The molecule has 0 aliphatic rings. The first-order valence-electron chi connectivity index (χ1n) is 3.82. The van der Waals surface area contributed by atoms with Crippen molar-refractivity contribution in [3.05, 3.63) is 17.0 Å². The van der Waals surface area contributed by atoms with Crippen molar-refractivity contribution in [2.24, 2.45) is 0 Å². The Morgan fingerprint density at radius 1 is 1.30 bits per heavy atom. The lowest BCUT2D eigenvalue weighted by Crippen LogP contribution is -1.84. The van der Waals surface area contributed by atoms with E-state index < -0.39 is 0 Å². The average molecular weight is 138 g/mol. The molecular formula is C8H14N2. The van der Waals surface area contributed by atoms with Crippen molar-refractivity contribution in [3.63, 3.8) is 0 Å². The van der Waals surface area contributed by atoms with Crippen LogP contribution in [0.3, 0.4) is 0 Å². The highest BCUT2D eigenvalue weighted by atomic mass is 15.1. The van der Waals surface area contributed by atoms with Gasteiger partial charge in [-0.25, -0.2) is 0 Å². The van der Waals surface area contributed by atoms with Crippen LogP contribution in [0.5, 0.6) is 0 Å². The zero-order valence-electron chi connectivity index (χ0n) is 6.86. The Morgan fingerprint density at radius 2 is 2.00 bits per heavy atom. The number of rotatable bonds is 2. The molecule has 1 N–H and O–H groups in total. The van der Waals surface area contributed by atoms with Gasteiger partial charge >= 0.3 is 0 Å². The fraction of sp³-hybridized carbons (Fsp3) is 0.625. The van der Waals surface area contributed by atoms with E-state index in [2.05, 4.69) is 31.0 Å². The number of hydrogen-bond acceptors (Lipinski definition) is 1. The summed E-state index contributed by atoms with van der Waals surface area (Å²) < 4.78 is 0. The van der Waals surface area contributed by atoms with Crippen LogP contribution in [-0.4, -0.2) is 10.2 Å². The largest absolute Gasteiger partial charge is 0.282 e. The van der Waals surface area contributed by atoms with Crippen LogP contribution in [0.2, 0.25) is 0 Å². The van der Waals surface area contributed by atoms with Crippen molar-refractivity contribution < 1.29 is 0 Å². The van der Waals surface area contributed by atoms with Crippen LogP contribution in [0.25, 0.3) is 0 Å². The number of aryl methyl sites for hydroxylation is 2. The molecule has 0 amide bonds. The molecule has 2 nitrogen and oxygen atoms in total. The van der Waals surface area contributed by atoms with Gasteiger partial charge < -0.3 is 0 Å². The molecule has 1 rings (SSSR count). The lowest BCUT2D eigenvalue weighted by atomic mass is 10.1. The Bertz CT molecular complexity index is 192. The van der Waals surface area contributed by atoms with Gasteiger partial charge in [-0.2, -0.15) is 5.10 Å². The first-order chi connectivity index (χ1) is 4.79. The summed E-state index contributed by atoms with van der Waals surface area (Å²) in [5.41, 5.74) is 3.82. The molecule has 1 aromatic rings. The Balaban J connectivity index is 2.97. The van der Waals surface area contributed by atoms with Crippen molar-refractivity contribution >= 4 is 0 Å². The summed E-state index contributed by atoms with van der Waals surface area (Å²) in [6.07, 6.45) is 2.08. The Morgan fingerprint density at radius 3 is 2.30 bits per heavy atom. The monoisotopic (exact) mass is 138 g/mol. The molecule has 0 radical (unpaired) electrons. The Labute approximate surface area is 61.7 Å². The molecule has 0 unspecified atom stereocenters. The summed E-state index contributed by atoms with van der Waals surface area (Å²) in [4.78, 5) is 0. The number of nitrogens with one attached hydrogen (secondary N) is 1. The average Bonchev–Trinajstić information content (AvgIpc) is 2.30. The summed E-state index contributed by atoms with van der Waals surface area (Å²) in [6.45, 7) is 6.39. The van der Waals surface area contributed by atoms with Gasteiger partial charge in [0.25, 0.3) is 0 Å². The SMILES string of the molecule is CCc1n[nH]c(CC)c1C. The van der Waals surface area contributed by atoms with Gasteiger partial charge in [0.05, 0.1) is 5.69 Å². The number of aromatic amines is 1. The van der Waals surface area contributed by atoms with Crippen LogP contribution in [-0.2, 0) is 12.8 Å². The highest BCUT2D eigenvalue weighted by Gasteiger charge is 2.03. The van der Waals surface area contributed by atoms with Crippen molar-refractivity contribution in [1.29, 1.82) is 0 Å². The molecule has 2 heteroatoms. The summed E-state index contributed by atoms with van der Waals surface area (Å²) >= 11 is 0. The molecule has 0 spiro atoms. The van der Waals surface area contributed by atoms with Crippen molar-refractivity contribution in [2.75, 3.05) is 0 Å². The molecule has 10 heavy (non-hydrogen) atoms. The predicted octanol–water partition coefficient (Wildman–Crippen LogP) is 1.84. The van der Waals surface area contributed by atoms with E-state index in [-0.39, 0.29) is 0 Å². The van der Waals surface area contributed by atoms with E-state index in [9.17, 15) is 0 Å². The van der Waals surface area contributed by atoms with Crippen molar-refractivity contribution in [2.45, 2.75) is 33.6 Å². The third kappa shape index (κ3) is 1.06. The van der Waals surface area contributed by atoms with Crippen LogP contribution >= 0.6 is 0 Å². The Kier molecular flexibility index (Phi) is 2.10. The molecule has 0 bridgehead atoms. The zero-order chi connectivity index (χ0) is 7.56. The second kappa shape index (κ2) is 2.86. The minimum atomic E-state index is 1.03. The van der Waals surface area contributed by atoms with Gasteiger partial charge in [-0.3, -0.25) is 5.10 Å². The summed E-state index contributed by atoms with van der Waals surface area (Å²) in [5.74, 6) is 0. The predicted molar refractivity (Wildman–Crippen MR) is 42.1 cm³/mol. The highest BCUT2D eigenvalue weighted by molar-refractivity contribution is 5.23. The fourth-order valence-electron chi connectivity index (χ4n) is 1.17. The number of aromatic nitrogens is 2. The lowest BCUT2D eigenvalue weighted by molar-refractivity contribution is 0.936. The molecule has 1 heterocycles. The third-order valence-corrected chi connectivity index (χ3v) is 1.90. The van der Waals surface area contributed by atoms with Gasteiger partial charge in [0.2, 0.25) is 0 Å². The van der Waals surface area contributed by atoms with Gasteiger partial charge in [0, 0.05) is 5.69 Å². The van der Waals surface area contributed by atoms with Gasteiger partial charge in [-0.15, -0.1) is 0 Å². The van der Waals surface area contributed by atoms with Crippen molar-refractivity contribution in [3.8, 4) is 0 Å². The smallest absolute Gasteiger partial charge is 0.0651 e. The Hall–Kier alpha value is -0.790. The van der Waals surface area contributed by atoms with E-state index in [1.165, 1.54) is 17.0 Å². The van der Waals surface area contributed by atoms with Crippen molar-refractivity contribution in [1.82, 2.24) is 10.2 Å². The van der Waals surface area contributed by atoms with Crippen LogP contribution < -0.4 is 0 Å². The molecule has 0 saturated heterocycles. The van der Waals surface area contributed by atoms with E-state index in [4.69, 9.17) is 0 Å². The van der Waals surface area contributed by atoms with Crippen LogP contribution in [0.1, 0.15) is 30.8 Å². The van der Waals surface area contributed by atoms with Crippen LogP contribution in [0.15, 0.2) is 0 Å². The molecule has 0 aliphatic carbocycles. The maximum Gasteiger partial charge on any atom is 0.0651 e. The van der Waals surface area contributed by atoms with E-state index in [1.807, 2.05) is 0 Å². The van der Waals surface area contributed by atoms with Gasteiger partial charge in [-0.1, -0.05) is 13.8 Å². The third-order valence-electron chi connectivity index (χ3n) is 1.90. The topological polar surface area (TPSA) is 28.7 Å². The quantitative estimate of drug-likeness (QED) is 0.663. The van der Waals surface area contributed by atoms with E-state index in [0.29, 0.717) is 0 Å². The van der Waals surface area contributed by atoms with E-state index in [1.54, 1.807) is 0 Å². The molecular weight excluding hydrogens is 124 g/mol. The normalized spacial score (nSPS) is 10.3. The standard InChI is InChI=1S/C8H14N2/c1-4-7-6(3)8(5-2)10-9-7/h4-5H2,1-3H3,(H,9,10). The maximum atomic E-state index is 4.18. The molecule has 0 saturated carbocycles. The van der Waals surface area contributed by atoms with Gasteiger partial charge in [0.1, 0.15) is 0 Å². The van der Waals surface area contributed by atoms with Gasteiger partial charge in [0.15, 0.2) is 0 Å². The molecule has 56 valence electrons. The lowest BCUT2D eigenvalue weighted by Gasteiger charge is -1.92. The molecule has 1 aromatic heterocycles. The first kappa shape index (κ1) is 7.32. The molecule has 0 atom stereocenters. The minimum Gasteiger partial charge on any atom is -0.282 e. The van der Waals surface area contributed by atoms with Gasteiger partial charge in [-0.05, 0) is 25.3 Å². The summed E-state index contributed by atoms with van der Waals surface area (Å²) in [7, 11) is 0. The first-order valence-corrected chi connectivity index (χ1v) is 3.82. The number of nitrogens with zero attached hydrogens (tertiary/aromatic N) is 1. The van der Waals surface area contributed by atoms with E-state index >= 15 is 0 Å². The minimum absolute atomic E-state index is 1.03.